The lowest BCUT2D eigenvalue weighted by atomic mass is 9.97. The second kappa shape index (κ2) is 5.32. The zero-order valence-electron chi connectivity index (χ0n) is 9.18. The summed E-state index contributed by atoms with van der Waals surface area (Å²) < 4.78 is 0. The molecule has 0 aliphatic carbocycles. The number of hydrogen-bond donors (Lipinski definition) is 3. The van der Waals surface area contributed by atoms with E-state index in [1.807, 2.05) is 0 Å². The summed E-state index contributed by atoms with van der Waals surface area (Å²) in [7, 11) is 0. The molecule has 82 valence electrons. The van der Waals surface area contributed by atoms with E-state index in [0.717, 1.165) is 6.54 Å². The van der Waals surface area contributed by atoms with E-state index in [1.54, 1.807) is 4.90 Å². The lowest BCUT2D eigenvalue weighted by molar-refractivity contribution is -0.950. The second-order valence-corrected chi connectivity index (χ2v) is 4.38. The molecule has 0 unspecified atom stereocenters. The zero-order valence-corrected chi connectivity index (χ0v) is 9.18. The zero-order chi connectivity index (χ0) is 10.6. The van der Waals surface area contributed by atoms with Crippen molar-refractivity contribution in [2.75, 3.05) is 6.54 Å². The van der Waals surface area contributed by atoms with Gasteiger partial charge in [-0.25, -0.2) is 5.84 Å². The van der Waals surface area contributed by atoms with E-state index in [-0.39, 0.29) is 5.91 Å². The van der Waals surface area contributed by atoms with Crippen molar-refractivity contribution in [3.63, 3.8) is 0 Å². The van der Waals surface area contributed by atoms with Gasteiger partial charge in [0.2, 0.25) is 5.91 Å². The number of amides is 1. The van der Waals surface area contributed by atoms with Crippen molar-refractivity contribution in [3.8, 4) is 0 Å². The summed E-state index contributed by atoms with van der Waals surface area (Å²) in [5.41, 5.74) is 2.18. The predicted molar refractivity (Wildman–Crippen MR) is 55.6 cm³/mol. The maximum atomic E-state index is 11.0. The Bertz CT molecular complexity index is 186. The normalized spacial score (nSPS) is 28.8. The number of likely N-dealkylation sites (tertiary alicyclic amines) is 1. The molecule has 2 atom stereocenters. The third-order valence-corrected chi connectivity index (χ3v) is 3.34. The summed E-state index contributed by atoms with van der Waals surface area (Å²) >= 11 is 0. The van der Waals surface area contributed by atoms with Crippen molar-refractivity contribution in [2.24, 2.45) is 5.84 Å². The molecular weight excluding hydrogens is 178 g/mol. The number of carbonyl (C=O) groups excluding carboxylic acids is 1. The first kappa shape index (κ1) is 11.5. The quantitative estimate of drug-likeness (QED) is 0.318. The highest BCUT2D eigenvalue weighted by Gasteiger charge is 2.28. The highest BCUT2D eigenvalue weighted by molar-refractivity contribution is 5.75. The summed E-state index contributed by atoms with van der Waals surface area (Å²) in [6.45, 7) is 5.45. The molecule has 4 nitrogen and oxygen atoms in total. The summed E-state index contributed by atoms with van der Waals surface area (Å²) in [5.74, 6) is 4.99. The van der Waals surface area contributed by atoms with Gasteiger partial charge in [-0.05, 0) is 33.1 Å². The van der Waals surface area contributed by atoms with Gasteiger partial charge in [-0.3, -0.25) is 10.2 Å². The monoisotopic (exact) mass is 200 g/mol. The standard InChI is InChI=1S/C10H21N3O/c1-8-4-3-5-9(2)13(8)7-6-10(14)12-11/h8-9H,3-7,11H2,1-2H3,(H,12,14)/p+1/t8-,9-/m0/s1. The lowest BCUT2D eigenvalue weighted by Gasteiger charge is -2.35. The molecule has 0 spiro atoms. The predicted octanol–water partition coefficient (Wildman–Crippen LogP) is -0.788. The number of hydrogen-bond acceptors (Lipinski definition) is 2. The Hall–Kier alpha value is -0.610. The number of nitrogens with one attached hydrogen (secondary N) is 2. The fraction of sp³-hybridized carbons (Fsp3) is 0.900. The van der Waals surface area contributed by atoms with E-state index in [0.29, 0.717) is 18.5 Å². The average molecular weight is 200 g/mol. The van der Waals surface area contributed by atoms with Gasteiger partial charge in [0.1, 0.15) is 0 Å². The molecule has 1 amide bonds. The summed E-state index contributed by atoms with van der Waals surface area (Å²) in [5, 5.41) is 0. The molecular formula is C10H22N3O+. The van der Waals surface area contributed by atoms with Gasteiger partial charge in [0, 0.05) is 0 Å². The number of quaternary nitrogens is 1. The Balaban J connectivity index is 2.36. The molecule has 0 aromatic carbocycles. The molecule has 1 heterocycles. The topological polar surface area (TPSA) is 59.6 Å². The van der Waals surface area contributed by atoms with Crippen LogP contribution in [0.1, 0.15) is 39.5 Å². The molecule has 0 radical (unpaired) electrons. The Morgan fingerprint density at radius 3 is 2.50 bits per heavy atom. The van der Waals surface area contributed by atoms with Crippen LogP contribution in [-0.4, -0.2) is 24.5 Å². The van der Waals surface area contributed by atoms with Crippen LogP contribution >= 0.6 is 0 Å². The van der Waals surface area contributed by atoms with Crippen molar-refractivity contribution in [1.82, 2.24) is 5.43 Å². The smallest absolute Gasteiger partial charge is 0.239 e. The minimum atomic E-state index is -0.0533. The van der Waals surface area contributed by atoms with Crippen LogP contribution in [0.4, 0.5) is 0 Å². The molecule has 1 aliphatic rings. The van der Waals surface area contributed by atoms with E-state index in [4.69, 9.17) is 5.84 Å². The van der Waals surface area contributed by atoms with E-state index in [2.05, 4.69) is 19.3 Å². The summed E-state index contributed by atoms with van der Waals surface area (Å²) in [6.07, 6.45) is 4.43. The van der Waals surface area contributed by atoms with Gasteiger partial charge in [0.15, 0.2) is 0 Å². The van der Waals surface area contributed by atoms with Crippen molar-refractivity contribution in [2.45, 2.75) is 51.6 Å². The Kier molecular flexibility index (Phi) is 4.35. The number of nitrogens with two attached hydrogens (primary N) is 1. The average Bonchev–Trinajstić information content (AvgIpc) is 2.16. The first-order valence-electron chi connectivity index (χ1n) is 5.50. The van der Waals surface area contributed by atoms with E-state index in [9.17, 15) is 4.79 Å². The van der Waals surface area contributed by atoms with Crippen LogP contribution in [0.5, 0.6) is 0 Å². The van der Waals surface area contributed by atoms with Crippen LogP contribution < -0.4 is 16.2 Å². The van der Waals surface area contributed by atoms with E-state index < -0.39 is 0 Å². The van der Waals surface area contributed by atoms with Crippen LogP contribution in [0, 0.1) is 0 Å². The number of hydrazine groups is 1. The molecule has 0 saturated carbocycles. The highest BCUT2D eigenvalue weighted by Crippen LogP contribution is 2.07. The van der Waals surface area contributed by atoms with Crippen molar-refractivity contribution >= 4 is 5.91 Å². The Morgan fingerprint density at radius 1 is 1.43 bits per heavy atom. The van der Waals surface area contributed by atoms with Gasteiger partial charge in [-0.1, -0.05) is 0 Å². The largest absolute Gasteiger partial charge is 0.330 e. The van der Waals surface area contributed by atoms with E-state index in [1.165, 1.54) is 19.3 Å². The molecule has 0 aromatic heterocycles. The molecule has 1 saturated heterocycles. The minimum absolute atomic E-state index is 0.0533. The molecule has 1 fully saturated rings. The van der Waals surface area contributed by atoms with E-state index >= 15 is 0 Å². The minimum Gasteiger partial charge on any atom is -0.330 e. The number of carbonyl (C=O) groups is 1. The van der Waals surface area contributed by atoms with Crippen molar-refractivity contribution < 1.29 is 9.69 Å². The highest BCUT2D eigenvalue weighted by atomic mass is 16.2. The first-order chi connectivity index (χ1) is 6.65. The van der Waals surface area contributed by atoms with Crippen LogP contribution in [0.15, 0.2) is 0 Å². The number of piperidine rings is 1. The molecule has 1 aliphatic heterocycles. The van der Waals surface area contributed by atoms with Crippen LogP contribution in [-0.2, 0) is 4.79 Å². The maximum absolute atomic E-state index is 11.0. The van der Waals surface area contributed by atoms with Gasteiger partial charge in [0.05, 0.1) is 25.0 Å². The van der Waals surface area contributed by atoms with Crippen LogP contribution in [0.2, 0.25) is 0 Å². The molecule has 0 aromatic rings. The molecule has 1 rings (SSSR count). The molecule has 4 N–H and O–H groups in total. The van der Waals surface area contributed by atoms with Gasteiger partial charge in [-0.15, -0.1) is 0 Å². The van der Waals surface area contributed by atoms with Crippen LogP contribution in [0.3, 0.4) is 0 Å². The second-order valence-electron chi connectivity index (χ2n) is 4.38. The summed E-state index contributed by atoms with van der Waals surface area (Å²) in [4.78, 5) is 12.6. The van der Waals surface area contributed by atoms with Gasteiger partial charge >= 0.3 is 0 Å². The van der Waals surface area contributed by atoms with Gasteiger partial charge in [-0.2, -0.15) is 0 Å². The Labute approximate surface area is 85.8 Å². The fourth-order valence-corrected chi connectivity index (χ4v) is 2.41. The van der Waals surface area contributed by atoms with Crippen LogP contribution in [0.25, 0.3) is 0 Å². The SMILES string of the molecule is C[C@H]1CCC[C@H](C)[NH+]1CCC(=O)NN. The number of rotatable bonds is 3. The Morgan fingerprint density at radius 2 is 2.00 bits per heavy atom. The molecule has 14 heavy (non-hydrogen) atoms. The fourth-order valence-electron chi connectivity index (χ4n) is 2.41. The van der Waals surface area contributed by atoms with Crippen molar-refractivity contribution in [3.05, 3.63) is 0 Å². The van der Waals surface area contributed by atoms with Gasteiger partial charge in [0.25, 0.3) is 0 Å². The third kappa shape index (κ3) is 2.96. The van der Waals surface area contributed by atoms with Crippen molar-refractivity contribution in [1.29, 1.82) is 0 Å². The third-order valence-electron chi connectivity index (χ3n) is 3.34. The first-order valence-corrected chi connectivity index (χ1v) is 5.50. The molecule has 0 bridgehead atoms. The van der Waals surface area contributed by atoms with Gasteiger partial charge < -0.3 is 4.90 Å². The summed E-state index contributed by atoms with van der Waals surface area (Å²) in [6, 6.07) is 1.37. The molecule has 4 heteroatoms. The lowest BCUT2D eigenvalue weighted by Crippen LogP contribution is -3.19. The maximum Gasteiger partial charge on any atom is 0.239 e.